The number of halogens is 2. The highest BCUT2D eigenvalue weighted by Crippen LogP contribution is 2.26. The van der Waals surface area contributed by atoms with Crippen molar-refractivity contribution in [2.24, 2.45) is 5.73 Å². The topological polar surface area (TPSA) is 133 Å². The minimum Gasteiger partial charge on any atom is -0.497 e. The van der Waals surface area contributed by atoms with Gasteiger partial charge in [0.15, 0.2) is 12.7 Å². The van der Waals surface area contributed by atoms with Crippen LogP contribution in [-0.4, -0.2) is 44.6 Å². The first-order valence-corrected chi connectivity index (χ1v) is 10.3. The third kappa shape index (κ3) is 7.89. The molecule has 0 saturated heterocycles. The summed E-state index contributed by atoms with van der Waals surface area (Å²) in [6, 6.07) is 8.84. The first kappa shape index (κ1) is 28.7. The summed E-state index contributed by atoms with van der Waals surface area (Å²) < 4.78 is 35.4. The number of amides is 1. The third-order valence-electron chi connectivity index (χ3n) is 4.54. The molecule has 0 aromatic heterocycles. The van der Waals surface area contributed by atoms with Crippen LogP contribution in [0.1, 0.15) is 36.6 Å². The number of nitrogens with one attached hydrogen (secondary N) is 2. The second kappa shape index (κ2) is 14.0. The highest BCUT2D eigenvalue weighted by atomic mass is 35.5. The third-order valence-corrected chi connectivity index (χ3v) is 4.54. The van der Waals surface area contributed by atoms with Crippen LogP contribution in [0.4, 0.5) is 4.39 Å². The fourth-order valence-corrected chi connectivity index (χ4v) is 2.94. The van der Waals surface area contributed by atoms with Crippen molar-refractivity contribution in [3.8, 4) is 11.5 Å². The zero-order valence-electron chi connectivity index (χ0n) is 19.2. The molecule has 0 radical (unpaired) electrons. The lowest BCUT2D eigenvalue weighted by Gasteiger charge is -2.19. The van der Waals surface area contributed by atoms with Gasteiger partial charge in [0.05, 0.1) is 13.7 Å². The van der Waals surface area contributed by atoms with Crippen molar-refractivity contribution in [3.05, 3.63) is 58.9 Å². The number of esters is 1. The van der Waals surface area contributed by atoms with Gasteiger partial charge in [-0.2, -0.15) is 0 Å². The monoisotopic (exact) mass is 497 g/mol. The molecule has 2 aromatic rings. The molecule has 2 rings (SSSR count). The normalized spacial score (nSPS) is 11.1. The van der Waals surface area contributed by atoms with Crippen molar-refractivity contribution in [2.75, 3.05) is 26.9 Å². The molecule has 0 bridgehead atoms. The van der Waals surface area contributed by atoms with Gasteiger partial charge in [-0.15, -0.1) is 12.4 Å². The van der Waals surface area contributed by atoms with Gasteiger partial charge in [0.1, 0.15) is 23.2 Å². The molecular weight excluding hydrogens is 469 g/mol. The van der Waals surface area contributed by atoms with Gasteiger partial charge >= 0.3 is 5.97 Å². The fraction of sp³-hybridized carbons (Fsp3) is 0.348. The van der Waals surface area contributed by atoms with E-state index in [0.717, 1.165) is 0 Å². The number of carbonyl (C=O) groups excluding carboxylic acids is 2. The van der Waals surface area contributed by atoms with Crippen LogP contribution in [-0.2, 0) is 25.6 Å². The molecule has 0 saturated carbocycles. The molecule has 2 aromatic carbocycles. The standard InChI is InChI=1S/C23H28FN3O6.ClH/c1-4-31-20(28)13-33-19-10-14(22(25)26)6-7-15(19)12-27-23(29)21(32-5-2)17-9-8-16(30-3)11-18(17)24;/h6-11,21H,4-5,12-13H2,1-3H3,(H3,25,26)(H,27,29);1H. The van der Waals surface area contributed by atoms with Gasteiger partial charge in [-0.05, 0) is 32.0 Å². The number of ether oxygens (including phenoxy) is 4. The second-order valence-corrected chi connectivity index (χ2v) is 6.77. The number of carbonyl (C=O) groups is 2. The Kier molecular flexibility index (Phi) is 11.8. The smallest absolute Gasteiger partial charge is 0.344 e. The summed E-state index contributed by atoms with van der Waals surface area (Å²) in [4.78, 5) is 24.5. The molecule has 34 heavy (non-hydrogen) atoms. The van der Waals surface area contributed by atoms with Crippen molar-refractivity contribution in [1.29, 1.82) is 5.41 Å². The van der Waals surface area contributed by atoms with Gasteiger partial charge in [0.2, 0.25) is 0 Å². The summed E-state index contributed by atoms with van der Waals surface area (Å²) in [7, 11) is 1.42. The Bertz CT molecular complexity index is 1000. The highest BCUT2D eigenvalue weighted by molar-refractivity contribution is 5.95. The molecular formula is C23H29ClFN3O6. The van der Waals surface area contributed by atoms with E-state index in [-0.39, 0.29) is 55.9 Å². The molecule has 1 atom stereocenters. The van der Waals surface area contributed by atoms with Crippen LogP contribution in [0.25, 0.3) is 0 Å². The Labute approximate surface area is 203 Å². The van der Waals surface area contributed by atoms with E-state index < -0.39 is 23.8 Å². The maximum atomic E-state index is 14.5. The van der Waals surface area contributed by atoms with Crippen molar-refractivity contribution in [2.45, 2.75) is 26.5 Å². The van der Waals surface area contributed by atoms with Gasteiger partial charge in [0, 0.05) is 35.9 Å². The van der Waals surface area contributed by atoms with E-state index in [4.69, 9.17) is 30.1 Å². The van der Waals surface area contributed by atoms with Crippen LogP contribution in [0.5, 0.6) is 11.5 Å². The van der Waals surface area contributed by atoms with Gasteiger partial charge < -0.3 is 30.0 Å². The fourth-order valence-electron chi connectivity index (χ4n) is 2.94. The van der Waals surface area contributed by atoms with Crippen LogP contribution in [0.3, 0.4) is 0 Å². The van der Waals surface area contributed by atoms with Crippen molar-refractivity contribution >= 4 is 30.1 Å². The van der Waals surface area contributed by atoms with E-state index in [9.17, 15) is 14.0 Å². The average molecular weight is 498 g/mol. The largest absolute Gasteiger partial charge is 0.497 e. The van der Waals surface area contributed by atoms with Gasteiger partial charge in [-0.25, -0.2) is 9.18 Å². The van der Waals surface area contributed by atoms with Gasteiger partial charge in [0.25, 0.3) is 5.91 Å². The van der Waals surface area contributed by atoms with Crippen molar-refractivity contribution in [1.82, 2.24) is 5.32 Å². The Morgan fingerprint density at radius 2 is 1.88 bits per heavy atom. The number of hydrogen-bond acceptors (Lipinski definition) is 7. The summed E-state index contributed by atoms with van der Waals surface area (Å²) >= 11 is 0. The lowest BCUT2D eigenvalue weighted by atomic mass is 10.1. The first-order chi connectivity index (χ1) is 15.8. The molecule has 0 fully saturated rings. The molecule has 0 aliphatic heterocycles. The predicted molar refractivity (Wildman–Crippen MR) is 126 cm³/mol. The van der Waals surface area contributed by atoms with E-state index >= 15 is 0 Å². The van der Waals surface area contributed by atoms with Crippen LogP contribution in [0, 0.1) is 11.2 Å². The van der Waals surface area contributed by atoms with E-state index in [1.54, 1.807) is 32.0 Å². The van der Waals surface area contributed by atoms with E-state index in [0.29, 0.717) is 16.9 Å². The summed E-state index contributed by atoms with van der Waals surface area (Å²) in [5.41, 5.74) is 6.51. The molecule has 9 nitrogen and oxygen atoms in total. The van der Waals surface area contributed by atoms with E-state index in [2.05, 4.69) is 5.32 Å². The first-order valence-electron chi connectivity index (χ1n) is 10.3. The summed E-state index contributed by atoms with van der Waals surface area (Å²) in [5.74, 6) is -1.37. The molecule has 0 aliphatic carbocycles. The molecule has 0 spiro atoms. The Morgan fingerprint density at radius 1 is 1.15 bits per heavy atom. The van der Waals surface area contributed by atoms with Crippen molar-refractivity contribution in [3.63, 3.8) is 0 Å². The Hall–Kier alpha value is -3.37. The summed E-state index contributed by atoms with van der Waals surface area (Å²) in [6.07, 6.45) is -1.18. The minimum absolute atomic E-state index is 0. The lowest BCUT2D eigenvalue weighted by Crippen LogP contribution is -2.31. The number of rotatable bonds is 12. The summed E-state index contributed by atoms with van der Waals surface area (Å²) in [6.45, 7) is 3.41. The number of methoxy groups -OCH3 is 1. The van der Waals surface area contributed by atoms with Crippen LogP contribution >= 0.6 is 12.4 Å². The zero-order chi connectivity index (χ0) is 24.4. The predicted octanol–water partition coefficient (Wildman–Crippen LogP) is 2.88. The van der Waals surface area contributed by atoms with Gasteiger partial charge in [-0.1, -0.05) is 12.1 Å². The number of hydrogen-bond donors (Lipinski definition) is 3. The summed E-state index contributed by atoms with van der Waals surface area (Å²) in [5, 5.41) is 10.3. The SMILES string of the molecule is CCOC(=O)COc1cc(C(=N)N)ccc1CNC(=O)C(OCC)c1ccc(OC)cc1F.Cl. The van der Waals surface area contributed by atoms with Crippen LogP contribution in [0.15, 0.2) is 36.4 Å². The molecule has 186 valence electrons. The molecule has 1 unspecified atom stereocenters. The lowest BCUT2D eigenvalue weighted by molar-refractivity contribution is -0.145. The molecule has 11 heteroatoms. The van der Waals surface area contributed by atoms with Crippen LogP contribution in [0.2, 0.25) is 0 Å². The number of nitrogen functional groups attached to an aromatic ring is 1. The van der Waals surface area contributed by atoms with Crippen LogP contribution < -0.4 is 20.5 Å². The van der Waals surface area contributed by atoms with E-state index in [1.807, 2.05) is 0 Å². The Balaban J connectivity index is 0.00000578. The second-order valence-electron chi connectivity index (χ2n) is 6.77. The van der Waals surface area contributed by atoms with E-state index in [1.165, 1.54) is 25.3 Å². The van der Waals surface area contributed by atoms with Crippen molar-refractivity contribution < 1.29 is 32.9 Å². The number of benzene rings is 2. The quantitative estimate of drug-likeness (QED) is 0.233. The maximum absolute atomic E-state index is 14.5. The molecule has 1 amide bonds. The molecule has 0 heterocycles. The highest BCUT2D eigenvalue weighted by Gasteiger charge is 2.25. The molecule has 0 aliphatic rings. The zero-order valence-corrected chi connectivity index (χ0v) is 20.0. The molecule has 4 N–H and O–H groups in total. The van der Waals surface area contributed by atoms with Gasteiger partial charge in [-0.3, -0.25) is 10.2 Å². The maximum Gasteiger partial charge on any atom is 0.344 e. The number of nitrogens with two attached hydrogens (primary N) is 1. The minimum atomic E-state index is -1.18. The number of amidine groups is 1. The average Bonchev–Trinajstić information content (AvgIpc) is 2.80. The Morgan fingerprint density at radius 3 is 2.47 bits per heavy atom.